The molecule has 92 valence electrons. The van der Waals surface area contributed by atoms with Crippen molar-refractivity contribution in [2.24, 2.45) is 11.8 Å². The van der Waals surface area contributed by atoms with Crippen molar-refractivity contribution < 1.29 is 13.9 Å². The lowest BCUT2D eigenvalue weighted by Crippen LogP contribution is -2.38. The van der Waals surface area contributed by atoms with E-state index < -0.39 is 11.5 Å². The molecule has 16 heavy (non-hydrogen) atoms. The third kappa shape index (κ3) is 3.75. The third-order valence-electron chi connectivity index (χ3n) is 3.42. The Morgan fingerprint density at radius 2 is 1.81 bits per heavy atom. The van der Waals surface area contributed by atoms with E-state index in [4.69, 9.17) is 0 Å². The molecule has 1 fully saturated rings. The molecule has 1 saturated carbocycles. The minimum Gasteiger partial charge on any atom is -0.390 e. The molecule has 0 aromatic rings. The molecule has 0 radical (unpaired) electrons. The summed E-state index contributed by atoms with van der Waals surface area (Å²) in [6.07, 6.45) is 2.77. The van der Waals surface area contributed by atoms with Gasteiger partial charge in [-0.25, -0.2) is 0 Å². The monoisotopic (exact) mass is 230 g/mol. The van der Waals surface area contributed by atoms with Crippen LogP contribution in [0.1, 0.15) is 46.5 Å². The Hall–Kier alpha value is -0.620. The molecule has 0 heterocycles. The number of hydrogen-bond donors (Lipinski definition) is 1. The largest absolute Gasteiger partial charge is 0.390 e. The molecule has 1 aliphatic rings. The van der Waals surface area contributed by atoms with Crippen molar-refractivity contribution >= 4 is 0 Å². The summed E-state index contributed by atoms with van der Waals surface area (Å²) in [5.41, 5.74) is -0.618. The zero-order valence-corrected chi connectivity index (χ0v) is 10.2. The Balaban J connectivity index is 2.52. The summed E-state index contributed by atoms with van der Waals surface area (Å²) in [4.78, 5) is 0. The second-order valence-corrected chi connectivity index (χ2v) is 5.19. The molecular formula is C13H20F2O. The molecule has 0 aromatic carbocycles. The Labute approximate surface area is 96.2 Å². The quantitative estimate of drug-likeness (QED) is 0.686. The molecule has 0 unspecified atom stereocenters. The van der Waals surface area contributed by atoms with Crippen LogP contribution in [0, 0.1) is 23.7 Å². The van der Waals surface area contributed by atoms with E-state index in [1.54, 1.807) is 0 Å². The fraction of sp³-hybridized carbons (Fsp3) is 0.846. The van der Waals surface area contributed by atoms with Crippen LogP contribution < -0.4 is 0 Å². The second-order valence-electron chi connectivity index (χ2n) is 5.19. The average Bonchev–Trinajstić information content (AvgIpc) is 2.15. The molecule has 0 saturated heterocycles. The van der Waals surface area contributed by atoms with E-state index in [-0.39, 0.29) is 11.8 Å². The number of halogens is 2. The first-order chi connectivity index (χ1) is 7.23. The van der Waals surface area contributed by atoms with Gasteiger partial charge in [0, 0.05) is 12.8 Å². The van der Waals surface area contributed by atoms with Crippen LogP contribution in [0.2, 0.25) is 0 Å². The van der Waals surface area contributed by atoms with Gasteiger partial charge in [-0.3, -0.25) is 0 Å². The maximum atomic E-state index is 12.5. The van der Waals surface area contributed by atoms with Gasteiger partial charge in [-0.1, -0.05) is 19.8 Å². The molecule has 0 aliphatic heterocycles. The number of aliphatic hydroxyl groups is 1. The maximum Gasteiger partial charge on any atom is 0.305 e. The molecule has 1 nitrogen and oxygen atoms in total. The lowest BCUT2D eigenvalue weighted by atomic mass is 9.73. The highest BCUT2D eigenvalue weighted by molar-refractivity contribution is 5.12. The molecule has 0 amide bonds. The van der Waals surface area contributed by atoms with Crippen LogP contribution in [-0.2, 0) is 0 Å². The molecule has 0 aromatic heterocycles. The lowest BCUT2D eigenvalue weighted by Gasteiger charge is -2.37. The van der Waals surface area contributed by atoms with Gasteiger partial charge in [-0.2, -0.15) is 8.78 Å². The van der Waals surface area contributed by atoms with Gasteiger partial charge in [0.1, 0.15) is 0 Å². The highest BCUT2D eigenvalue weighted by atomic mass is 19.3. The number of rotatable bonds is 1. The van der Waals surface area contributed by atoms with Gasteiger partial charge in [0.25, 0.3) is 0 Å². The van der Waals surface area contributed by atoms with Crippen LogP contribution in [0.5, 0.6) is 0 Å². The summed E-state index contributed by atoms with van der Waals surface area (Å²) in [7, 11) is 0. The van der Waals surface area contributed by atoms with Gasteiger partial charge in [-0.05, 0) is 37.5 Å². The summed E-state index contributed by atoms with van der Waals surface area (Å²) in [5, 5.41) is 10.2. The molecule has 0 bridgehead atoms. The van der Waals surface area contributed by atoms with Gasteiger partial charge in [0.2, 0.25) is 0 Å². The first-order valence-corrected chi connectivity index (χ1v) is 5.86. The number of hydrogen-bond acceptors (Lipinski definition) is 1. The summed E-state index contributed by atoms with van der Waals surface area (Å²) >= 11 is 0. The Morgan fingerprint density at radius 1 is 1.31 bits per heavy atom. The SMILES string of the molecule is CC(C)C1(O)CCC(C#CC(C)(F)F)CC1. The Bertz CT molecular complexity index is 285. The van der Waals surface area contributed by atoms with E-state index in [0.717, 1.165) is 19.8 Å². The van der Waals surface area contributed by atoms with Crippen LogP contribution in [0.4, 0.5) is 8.78 Å². The van der Waals surface area contributed by atoms with Gasteiger partial charge >= 0.3 is 5.92 Å². The van der Waals surface area contributed by atoms with Crippen LogP contribution in [0.3, 0.4) is 0 Å². The highest BCUT2D eigenvalue weighted by Crippen LogP contribution is 2.36. The molecule has 0 atom stereocenters. The van der Waals surface area contributed by atoms with Crippen molar-refractivity contribution in [3.8, 4) is 11.8 Å². The standard InChI is InChI=1S/C13H20F2O/c1-10(2)13(16)8-5-11(6-9-13)4-7-12(3,14)15/h10-11,16H,5-6,8-9H2,1-3H3. The van der Waals surface area contributed by atoms with Gasteiger partial charge in [0.15, 0.2) is 0 Å². The van der Waals surface area contributed by atoms with Crippen molar-refractivity contribution in [2.45, 2.75) is 58.0 Å². The maximum absolute atomic E-state index is 12.5. The Kier molecular flexibility index (Phi) is 3.96. The lowest BCUT2D eigenvalue weighted by molar-refractivity contribution is -0.0428. The zero-order valence-electron chi connectivity index (χ0n) is 10.2. The molecule has 0 spiro atoms. The molecule has 1 N–H and O–H groups in total. The smallest absolute Gasteiger partial charge is 0.305 e. The fourth-order valence-corrected chi connectivity index (χ4v) is 2.07. The van der Waals surface area contributed by atoms with E-state index in [9.17, 15) is 13.9 Å². The fourth-order valence-electron chi connectivity index (χ4n) is 2.07. The predicted molar refractivity (Wildman–Crippen MR) is 60.1 cm³/mol. The van der Waals surface area contributed by atoms with Crippen LogP contribution >= 0.6 is 0 Å². The van der Waals surface area contributed by atoms with Gasteiger partial charge < -0.3 is 5.11 Å². The normalized spacial score (nSPS) is 31.1. The summed E-state index contributed by atoms with van der Waals surface area (Å²) in [5.74, 6) is 1.95. The minimum atomic E-state index is -2.90. The van der Waals surface area contributed by atoms with Crippen LogP contribution in [0.15, 0.2) is 0 Å². The van der Waals surface area contributed by atoms with E-state index in [0.29, 0.717) is 12.8 Å². The van der Waals surface area contributed by atoms with E-state index in [1.165, 1.54) is 0 Å². The average molecular weight is 230 g/mol. The van der Waals surface area contributed by atoms with Crippen molar-refractivity contribution in [3.63, 3.8) is 0 Å². The van der Waals surface area contributed by atoms with Crippen molar-refractivity contribution in [3.05, 3.63) is 0 Å². The Morgan fingerprint density at radius 3 is 2.19 bits per heavy atom. The van der Waals surface area contributed by atoms with Gasteiger partial charge in [0.05, 0.1) is 5.60 Å². The second kappa shape index (κ2) is 4.71. The van der Waals surface area contributed by atoms with E-state index in [2.05, 4.69) is 5.92 Å². The van der Waals surface area contributed by atoms with Crippen molar-refractivity contribution in [1.29, 1.82) is 0 Å². The third-order valence-corrected chi connectivity index (χ3v) is 3.42. The molecule has 1 aliphatic carbocycles. The molecule has 3 heteroatoms. The summed E-state index contributed by atoms with van der Waals surface area (Å²) in [6.45, 7) is 4.80. The minimum absolute atomic E-state index is 0.0184. The summed E-state index contributed by atoms with van der Waals surface area (Å²) < 4.78 is 25.1. The first kappa shape index (κ1) is 13.4. The van der Waals surface area contributed by atoms with Crippen LogP contribution in [0.25, 0.3) is 0 Å². The zero-order chi connectivity index (χ0) is 12.4. The van der Waals surface area contributed by atoms with Crippen LogP contribution in [-0.4, -0.2) is 16.6 Å². The van der Waals surface area contributed by atoms with Crippen molar-refractivity contribution in [1.82, 2.24) is 0 Å². The van der Waals surface area contributed by atoms with Crippen molar-refractivity contribution in [2.75, 3.05) is 0 Å². The topological polar surface area (TPSA) is 20.2 Å². The first-order valence-electron chi connectivity index (χ1n) is 5.86. The van der Waals surface area contributed by atoms with Gasteiger partial charge in [-0.15, -0.1) is 0 Å². The molecule has 1 rings (SSSR count). The highest BCUT2D eigenvalue weighted by Gasteiger charge is 2.35. The predicted octanol–water partition coefficient (Wildman–Crippen LogP) is 3.22. The number of alkyl halides is 2. The molecular weight excluding hydrogens is 210 g/mol. The summed E-state index contributed by atoms with van der Waals surface area (Å²) in [6, 6.07) is 0. The van der Waals surface area contributed by atoms with E-state index >= 15 is 0 Å². The van der Waals surface area contributed by atoms with E-state index in [1.807, 2.05) is 19.8 Å².